The molecular weight excluding hydrogens is 155 g/mol. The van der Waals surface area contributed by atoms with Crippen molar-refractivity contribution in [1.82, 2.24) is 0 Å². The van der Waals surface area contributed by atoms with E-state index in [0.717, 1.165) is 18.4 Å². The van der Waals surface area contributed by atoms with Crippen molar-refractivity contribution in [2.45, 2.75) is 19.3 Å². The van der Waals surface area contributed by atoms with Crippen LogP contribution in [0.1, 0.15) is 18.4 Å². The second kappa shape index (κ2) is 4.75. The van der Waals surface area contributed by atoms with Crippen molar-refractivity contribution in [3.63, 3.8) is 0 Å². The first kappa shape index (κ1) is 9.04. The number of halogens is 1. The molecule has 0 heterocycles. The molecule has 0 atom stereocenters. The summed E-state index contributed by atoms with van der Waals surface area (Å²) in [5, 5.41) is 9.32. The highest BCUT2D eigenvalue weighted by Gasteiger charge is 1.97. The van der Waals surface area contributed by atoms with Crippen LogP contribution in [0.2, 0.25) is 0 Å². The van der Waals surface area contributed by atoms with E-state index in [0.29, 0.717) is 12.2 Å². The average molecular weight is 168 g/mol. The van der Waals surface area contributed by atoms with Gasteiger partial charge in [0.15, 0.2) is 0 Å². The number of hydrogen-bond acceptors (Lipinski definition) is 1. The molecule has 1 N–H and O–H groups in total. The molecule has 1 aromatic rings. The summed E-state index contributed by atoms with van der Waals surface area (Å²) in [5.41, 5.74) is 0.908. The zero-order valence-electron chi connectivity index (χ0n) is 6.96. The average Bonchev–Trinajstić information content (AvgIpc) is 2.09. The van der Waals surface area contributed by atoms with Crippen molar-refractivity contribution in [3.05, 3.63) is 29.8 Å². The summed E-state index contributed by atoms with van der Waals surface area (Å²) in [5.74, 6) is 0.316. The molecule has 0 saturated heterocycles. The Balaban J connectivity index is 2.46. The maximum atomic E-state index is 11.7. The van der Waals surface area contributed by atoms with Gasteiger partial charge >= 0.3 is 0 Å². The fourth-order valence-corrected chi connectivity index (χ4v) is 1.13. The van der Waals surface area contributed by atoms with Crippen LogP contribution in [0.4, 0.5) is 4.39 Å². The summed E-state index contributed by atoms with van der Waals surface area (Å²) in [6.07, 6.45) is 2.14. The Hall–Kier alpha value is -1.05. The third kappa shape index (κ3) is 2.53. The largest absolute Gasteiger partial charge is 0.508 e. The topological polar surface area (TPSA) is 20.2 Å². The fourth-order valence-electron chi connectivity index (χ4n) is 1.13. The lowest BCUT2D eigenvalue weighted by Gasteiger charge is -2.01. The van der Waals surface area contributed by atoms with Gasteiger partial charge in [-0.2, -0.15) is 0 Å². The van der Waals surface area contributed by atoms with Gasteiger partial charge in [0, 0.05) is 0 Å². The Morgan fingerprint density at radius 3 is 2.58 bits per heavy atom. The molecule has 0 fully saturated rings. The lowest BCUT2D eigenvalue weighted by Crippen LogP contribution is -1.86. The van der Waals surface area contributed by atoms with Crippen LogP contribution in [0.15, 0.2) is 24.3 Å². The molecule has 1 nitrogen and oxygen atoms in total. The van der Waals surface area contributed by atoms with Gasteiger partial charge in [0.2, 0.25) is 0 Å². The van der Waals surface area contributed by atoms with Crippen LogP contribution >= 0.6 is 0 Å². The summed E-state index contributed by atoms with van der Waals surface area (Å²) in [7, 11) is 0. The van der Waals surface area contributed by atoms with Crippen LogP contribution in [-0.4, -0.2) is 11.8 Å². The number of unbranched alkanes of at least 4 members (excludes halogenated alkanes) is 1. The van der Waals surface area contributed by atoms with Gasteiger partial charge in [-0.05, 0) is 30.9 Å². The molecule has 0 aliphatic carbocycles. The summed E-state index contributed by atoms with van der Waals surface area (Å²) in [6, 6.07) is 7.19. The van der Waals surface area contributed by atoms with Crippen LogP contribution in [0.25, 0.3) is 0 Å². The van der Waals surface area contributed by atoms with Crippen molar-refractivity contribution in [2.75, 3.05) is 6.67 Å². The minimum absolute atomic E-state index is 0.270. The van der Waals surface area contributed by atoms with E-state index < -0.39 is 0 Å². The second-order valence-corrected chi connectivity index (χ2v) is 2.77. The molecular formula is C10H13FO. The van der Waals surface area contributed by atoms with Crippen molar-refractivity contribution >= 4 is 0 Å². The van der Waals surface area contributed by atoms with Crippen LogP contribution < -0.4 is 0 Å². The number of hydrogen-bond donors (Lipinski definition) is 1. The molecule has 66 valence electrons. The van der Waals surface area contributed by atoms with E-state index in [-0.39, 0.29) is 6.67 Å². The highest BCUT2D eigenvalue weighted by atomic mass is 19.1. The van der Waals surface area contributed by atoms with E-state index in [1.54, 1.807) is 12.1 Å². The normalized spacial score (nSPS) is 10.1. The highest BCUT2D eigenvalue weighted by Crippen LogP contribution is 2.17. The van der Waals surface area contributed by atoms with E-state index in [4.69, 9.17) is 0 Å². The van der Waals surface area contributed by atoms with Gasteiger partial charge in [0.1, 0.15) is 5.75 Å². The molecule has 0 spiro atoms. The molecule has 0 saturated carbocycles. The first-order valence-electron chi connectivity index (χ1n) is 4.17. The Morgan fingerprint density at radius 1 is 1.17 bits per heavy atom. The maximum absolute atomic E-state index is 11.7. The number of phenols is 1. The zero-order valence-corrected chi connectivity index (χ0v) is 6.96. The number of aryl methyl sites for hydroxylation is 1. The van der Waals surface area contributed by atoms with Crippen molar-refractivity contribution < 1.29 is 9.50 Å². The smallest absolute Gasteiger partial charge is 0.118 e. The summed E-state index contributed by atoms with van der Waals surface area (Å²) in [6.45, 7) is -0.270. The SMILES string of the molecule is Oc1ccccc1CCCCF. The number of phenolic OH excluding ortho intramolecular Hbond substituents is 1. The third-order valence-electron chi connectivity index (χ3n) is 1.82. The monoisotopic (exact) mass is 168 g/mol. The van der Waals surface area contributed by atoms with Gasteiger partial charge in [-0.25, -0.2) is 0 Å². The lowest BCUT2D eigenvalue weighted by molar-refractivity contribution is 0.450. The van der Waals surface area contributed by atoms with E-state index >= 15 is 0 Å². The van der Waals surface area contributed by atoms with E-state index in [9.17, 15) is 9.50 Å². The van der Waals surface area contributed by atoms with Gasteiger partial charge in [0.25, 0.3) is 0 Å². The van der Waals surface area contributed by atoms with E-state index in [1.807, 2.05) is 12.1 Å². The number of rotatable bonds is 4. The van der Waals surface area contributed by atoms with E-state index in [2.05, 4.69) is 0 Å². The Labute approximate surface area is 71.9 Å². The lowest BCUT2D eigenvalue weighted by atomic mass is 10.1. The molecule has 0 radical (unpaired) electrons. The Morgan fingerprint density at radius 2 is 1.92 bits per heavy atom. The molecule has 0 aromatic heterocycles. The molecule has 0 aliphatic rings. The van der Waals surface area contributed by atoms with E-state index in [1.165, 1.54) is 0 Å². The Bertz CT molecular complexity index is 235. The first-order chi connectivity index (χ1) is 5.84. The molecule has 1 aromatic carbocycles. The maximum Gasteiger partial charge on any atom is 0.118 e. The van der Waals surface area contributed by atoms with Crippen molar-refractivity contribution in [2.24, 2.45) is 0 Å². The van der Waals surface area contributed by atoms with Gasteiger partial charge in [-0.3, -0.25) is 4.39 Å². The van der Waals surface area contributed by atoms with Crippen LogP contribution in [0.5, 0.6) is 5.75 Å². The molecule has 1 rings (SSSR count). The Kier molecular flexibility index (Phi) is 3.58. The molecule has 0 bridgehead atoms. The predicted octanol–water partition coefficient (Wildman–Crippen LogP) is 2.68. The molecule has 0 amide bonds. The summed E-state index contributed by atoms with van der Waals surface area (Å²) in [4.78, 5) is 0. The third-order valence-corrected chi connectivity index (χ3v) is 1.82. The summed E-state index contributed by atoms with van der Waals surface area (Å²) >= 11 is 0. The van der Waals surface area contributed by atoms with Gasteiger partial charge in [-0.1, -0.05) is 18.2 Å². The van der Waals surface area contributed by atoms with Gasteiger partial charge in [-0.15, -0.1) is 0 Å². The highest BCUT2D eigenvalue weighted by molar-refractivity contribution is 5.31. The minimum Gasteiger partial charge on any atom is -0.508 e. The van der Waals surface area contributed by atoms with Crippen molar-refractivity contribution in [1.29, 1.82) is 0 Å². The molecule has 0 unspecified atom stereocenters. The molecule has 0 aliphatic heterocycles. The minimum atomic E-state index is -0.270. The first-order valence-corrected chi connectivity index (χ1v) is 4.17. The molecule has 2 heteroatoms. The van der Waals surface area contributed by atoms with Crippen LogP contribution in [-0.2, 0) is 6.42 Å². The second-order valence-electron chi connectivity index (χ2n) is 2.77. The number of benzene rings is 1. The molecule has 12 heavy (non-hydrogen) atoms. The quantitative estimate of drug-likeness (QED) is 0.685. The van der Waals surface area contributed by atoms with Gasteiger partial charge < -0.3 is 5.11 Å². The number of aromatic hydroxyl groups is 1. The number of alkyl halides is 1. The van der Waals surface area contributed by atoms with Crippen molar-refractivity contribution in [3.8, 4) is 5.75 Å². The van der Waals surface area contributed by atoms with Gasteiger partial charge in [0.05, 0.1) is 6.67 Å². The van der Waals surface area contributed by atoms with Crippen LogP contribution in [0.3, 0.4) is 0 Å². The predicted molar refractivity (Wildman–Crippen MR) is 47.0 cm³/mol. The van der Waals surface area contributed by atoms with Crippen LogP contribution in [0, 0.1) is 0 Å². The number of para-hydroxylation sites is 1. The zero-order chi connectivity index (χ0) is 8.81. The standard InChI is InChI=1S/C10H13FO/c11-8-4-3-6-9-5-1-2-7-10(9)12/h1-2,5,7,12H,3-4,6,8H2. The summed E-state index contributed by atoms with van der Waals surface area (Å²) < 4.78 is 11.7. The fraction of sp³-hybridized carbons (Fsp3) is 0.400.